The third-order valence-electron chi connectivity index (χ3n) is 4.34. The van der Waals surface area contributed by atoms with Gasteiger partial charge in [0.05, 0.1) is 6.04 Å². The van der Waals surface area contributed by atoms with Crippen LogP contribution in [0.4, 0.5) is 14.9 Å². The van der Waals surface area contributed by atoms with Gasteiger partial charge >= 0.3 is 6.03 Å². The van der Waals surface area contributed by atoms with Crippen LogP contribution in [0.15, 0.2) is 24.3 Å². The van der Waals surface area contributed by atoms with Crippen LogP contribution in [0.2, 0.25) is 0 Å². The molecule has 1 aromatic carbocycles. The molecule has 8 heteroatoms. The molecule has 0 saturated carbocycles. The first-order valence-electron chi connectivity index (χ1n) is 8.08. The van der Waals surface area contributed by atoms with E-state index >= 15 is 0 Å². The van der Waals surface area contributed by atoms with Crippen molar-refractivity contribution in [3.05, 3.63) is 30.1 Å². The maximum Gasteiger partial charge on any atom is 0.329 e. The van der Waals surface area contributed by atoms with Gasteiger partial charge in [0.15, 0.2) is 0 Å². The van der Waals surface area contributed by atoms with Gasteiger partial charge in [-0.25, -0.2) is 14.2 Å². The maximum atomic E-state index is 13.3. The number of piperazine rings is 1. The summed E-state index contributed by atoms with van der Waals surface area (Å²) in [5, 5.41) is 4.69. The molecule has 2 aliphatic heterocycles. The molecule has 0 unspecified atom stereocenters. The molecule has 24 heavy (non-hydrogen) atoms. The highest BCUT2D eigenvalue weighted by Crippen LogP contribution is 2.22. The lowest BCUT2D eigenvalue weighted by molar-refractivity contribution is -0.117. The SMILES string of the molecule is CN1CCN(NC(=O)N[C@@H]2CC(=O)N(c3cccc(F)c3)C2)CC1. The molecule has 0 spiro atoms. The molecule has 1 atom stereocenters. The number of hydrogen-bond donors (Lipinski definition) is 2. The van der Waals surface area contributed by atoms with Crippen LogP contribution >= 0.6 is 0 Å². The van der Waals surface area contributed by atoms with Crippen molar-refractivity contribution in [3.63, 3.8) is 0 Å². The summed E-state index contributed by atoms with van der Waals surface area (Å²) in [5.41, 5.74) is 3.33. The zero-order valence-corrected chi connectivity index (χ0v) is 13.7. The van der Waals surface area contributed by atoms with Crippen molar-refractivity contribution in [2.24, 2.45) is 0 Å². The highest BCUT2D eigenvalue weighted by atomic mass is 19.1. The molecule has 2 aliphatic rings. The molecule has 130 valence electrons. The van der Waals surface area contributed by atoms with Crippen molar-refractivity contribution in [1.82, 2.24) is 20.7 Å². The summed E-state index contributed by atoms with van der Waals surface area (Å²) < 4.78 is 13.3. The maximum absolute atomic E-state index is 13.3. The monoisotopic (exact) mass is 335 g/mol. The molecule has 1 aromatic rings. The lowest BCUT2D eigenvalue weighted by atomic mass is 10.2. The third-order valence-corrected chi connectivity index (χ3v) is 4.34. The average Bonchev–Trinajstić information content (AvgIpc) is 2.90. The van der Waals surface area contributed by atoms with Crippen molar-refractivity contribution in [2.75, 3.05) is 44.7 Å². The molecule has 0 aliphatic carbocycles. The Morgan fingerprint density at radius 1 is 1.25 bits per heavy atom. The summed E-state index contributed by atoms with van der Waals surface area (Å²) in [6.07, 6.45) is 0.215. The number of amides is 3. The minimum atomic E-state index is -0.385. The largest absolute Gasteiger partial charge is 0.332 e. The summed E-state index contributed by atoms with van der Waals surface area (Å²) in [5.74, 6) is -0.505. The molecule has 7 nitrogen and oxygen atoms in total. The fraction of sp³-hybridized carbons (Fsp3) is 0.500. The molecule has 2 fully saturated rings. The van der Waals surface area contributed by atoms with Crippen LogP contribution < -0.4 is 15.6 Å². The topological polar surface area (TPSA) is 67.9 Å². The van der Waals surface area contributed by atoms with E-state index in [2.05, 4.69) is 15.6 Å². The molecular formula is C16H22FN5O2. The molecule has 0 aromatic heterocycles. The number of rotatable bonds is 3. The van der Waals surface area contributed by atoms with E-state index in [1.165, 1.54) is 17.0 Å². The molecule has 2 heterocycles. The Labute approximate surface area is 140 Å². The van der Waals surface area contributed by atoms with Gasteiger partial charge < -0.3 is 15.1 Å². The van der Waals surface area contributed by atoms with Gasteiger partial charge in [-0.3, -0.25) is 10.2 Å². The standard InChI is InChI=1S/C16H22FN5O2/c1-20-5-7-21(8-6-20)19-16(24)18-13-10-15(23)22(11-13)14-4-2-3-12(17)9-14/h2-4,9,13H,5-8,10-11H2,1H3,(H2,18,19,24)/t13-/m1/s1. The number of carbonyl (C=O) groups excluding carboxylic acids is 2. The number of carbonyl (C=O) groups is 2. The second kappa shape index (κ2) is 7.14. The third kappa shape index (κ3) is 4.01. The van der Waals surface area contributed by atoms with E-state index in [-0.39, 0.29) is 30.2 Å². The van der Waals surface area contributed by atoms with Gasteiger partial charge in [0, 0.05) is 44.8 Å². The molecular weight excluding hydrogens is 313 g/mol. The first-order chi connectivity index (χ1) is 11.5. The smallest absolute Gasteiger partial charge is 0.329 e. The van der Waals surface area contributed by atoms with E-state index in [4.69, 9.17) is 0 Å². The highest BCUT2D eigenvalue weighted by Gasteiger charge is 2.32. The van der Waals surface area contributed by atoms with Gasteiger partial charge in [-0.1, -0.05) is 6.07 Å². The number of halogens is 1. The highest BCUT2D eigenvalue weighted by molar-refractivity contribution is 5.96. The lowest BCUT2D eigenvalue weighted by Crippen LogP contribution is -2.56. The van der Waals surface area contributed by atoms with E-state index < -0.39 is 0 Å². The number of nitrogens with zero attached hydrogens (tertiary/aromatic N) is 3. The normalized spacial score (nSPS) is 22.7. The fourth-order valence-corrected chi connectivity index (χ4v) is 2.98. The number of likely N-dealkylation sites (N-methyl/N-ethyl adjacent to an activating group) is 1. The predicted octanol–water partition coefficient (Wildman–Crippen LogP) is 0.393. The van der Waals surface area contributed by atoms with E-state index in [1.807, 2.05) is 12.1 Å². The molecule has 2 N–H and O–H groups in total. The Morgan fingerprint density at radius 3 is 2.71 bits per heavy atom. The van der Waals surface area contributed by atoms with Crippen molar-refractivity contribution in [1.29, 1.82) is 0 Å². The van der Waals surface area contributed by atoms with Crippen LogP contribution in [-0.4, -0.2) is 67.7 Å². The molecule has 0 bridgehead atoms. The summed E-state index contributed by atoms with van der Waals surface area (Å²) in [7, 11) is 2.04. The lowest BCUT2D eigenvalue weighted by Gasteiger charge is -2.32. The number of anilines is 1. The number of nitrogens with one attached hydrogen (secondary N) is 2. The van der Waals surface area contributed by atoms with Crippen LogP contribution in [0.25, 0.3) is 0 Å². The van der Waals surface area contributed by atoms with Crippen molar-refractivity contribution >= 4 is 17.6 Å². The number of benzene rings is 1. The molecule has 3 amide bonds. The molecule has 0 radical (unpaired) electrons. The Balaban J connectivity index is 1.51. The zero-order valence-electron chi connectivity index (χ0n) is 13.7. The van der Waals surface area contributed by atoms with Gasteiger partial charge in [0.1, 0.15) is 5.82 Å². The van der Waals surface area contributed by atoms with Crippen LogP contribution in [0.1, 0.15) is 6.42 Å². The van der Waals surface area contributed by atoms with Crippen LogP contribution in [-0.2, 0) is 4.79 Å². The number of hydrazine groups is 1. The van der Waals surface area contributed by atoms with Crippen molar-refractivity contribution in [3.8, 4) is 0 Å². The minimum Gasteiger partial charge on any atom is -0.332 e. The van der Waals surface area contributed by atoms with Gasteiger partial charge in [-0.05, 0) is 25.2 Å². The number of hydrogen-bond acceptors (Lipinski definition) is 4. The van der Waals surface area contributed by atoms with Gasteiger partial charge in [-0.15, -0.1) is 0 Å². The van der Waals surface area contributed by atoms with Crippen LogP contribution in [0.3, 0.4) is 0 Å². The van der Waals surface area contributed by atoms with E-state index in [0.29, 0.717) is 12.2 Å². The first kappa shape index (κ1) is 16.7. The Hall–Kier alpha value is -2.19. The van der Waals surface area contributed by atoms with Crippen LogP contribution in [0.5, 0.6) is 0 Å². The Morgan fingerprint density at radius 2 is 2.00 bits per heavy atom. The molecule has 2 saturated heterocycles. The average molecular weight is 335 g/mol. The van der Waals surface area contributed by atoms with Crippen molar-refractivity contribution < 1.29 is 14.0 Å². The van der Waals surface area contributed by atoms with Gasteiger partial charge in [0.25, 0.3) is 0 Å². The minimum absolute atomic E-state index is 0.120. The van der Waals surface area contributed by atoms with Crippen LogP contribution in [0, 0.1) is 5.82 Å². The fourth-order valence-electron chi connectivity index (χ4n) is 2.98. The predicted molar refractivity (Wildman–Crippen MR) is 87.9 cm³/mol. The number of urea groups is 1. The summed E-state index contributed by atoms with van der Waals surface area (Å²) in [6.45, 7) is 3.68. The molecule has 3 rings (SSSR count). The Kier molecular flexibility index (Phi) is 4.96. The summed E-state index contributed by atoms with van der Waals surface area (Å²) in [6, 6.07) is 5.33. The van der Waals surface area contributed by atoms with E-state index in [0.717, 1.165) is 26.2 Å². The summed E-state index contributed by atoms with van der Waals surface area (Å²) in [4.78, 5) is 27.9. The van der Waals surface area contributed by atoms with E-state index in [9.17, 15) is 14.0 Å². The van der Waals surface area contributed by atoms with E-state index in [1.54, 1.807) is 12.1 Å². The van der Waals surface area contributed by atoms with Gasteiger partial charge in [-0.2, -0.15) is 0 Å². The quantitative estimate of drug-likeness (QED) is 0.839. The zero-order chi connectivity index (χ0) is 17.1. The first-order valence-corrected chi connectivity index (χ1v) is 8.08. The van der Waals surface area contributed by atoms with Gasteiger partial charge in [0.2, 0.25) is 5.91 Å². The Bertz CT molecular complexity index is 618. The summed E-state index contributed by atoms with van der Waals surface area (Å²) >= 11 is 0. The second-order valence-electron chi connectivity index (χ2n) is 6.26. The van der Waals surface area contributed by atoms with Crippen molar-refractivity contribution in [2.45, 2.75) is 12.5 Å². The second-order valence-corrected chi connectivity index (χ2v) is 6.26.